The number of carbonyl (C=O) groups excluding carboxylic acids is 2. The minimum Gasteiger partial charge on any atom is -0.490 e. The zero-order valence-corrected chi connectivity index (χ0v) is 13.8. The Morgan fingerprint density at radius 2 is 2.04 bits per heavy atom. The number of nitrogens with one attached hydrogen (secondary N) is 1. The van der Waals surface area contributed by atoms with E-state index in [9.17, 15) is 9.59 Å². The van der Waals surface area contributed by atoms with Gasteiger partial charge >= 0.3 is 6.03 Å². The number of hydrogen-bond acceptors (Lipinski definition) is 4. The summed E-state index contributed by atoms with van der Waals surface area (Å²) in [6, 6.07) is 5.34. The van der Waals surface area contributed by atoms with E-state index in [2.05, 4.69) is 5.32 Å². The maximum Gasteiger partial charge on any atom is 0.317 e. The van der Waals surface area contributed by atoms with Gasteiger partial charge in [0.1, 0.15) is 0 Å². The lowest BCUT2D eigenvalue weighted by Crippen LogP contribution is -2.40. The first-order valence-electron chi connectivity index (χ1n) is 8.29. The first-order valence-corrected chi connectivity index (χ1v) is 8.29. The van der Waals surface area contributed by atoms with Crippen molar-refractivity contribution in [1.29, 1.82) is 0 Å². The fraction of sp³-hybridized carbons (Fsp3) is 0.529. The van der Waals surface area contributed by atoms with Crippen molar-refractivity contribution in [1.82, 2.24) is 10.2 Å². The summed E-state index contributed by atoms with van der Waals surface area (Å²) in [5, 5.41) is 2.96. The van der Waals surface area contributed by atoms with Gasteiger partial charge in [-0.15, -0.1) is 0 Å². The quantitative estimate of drug-likeness (QED) is 0.875. The van der Waals surface area contributed by atoms with Crippen molar-refractivity contribution in [2.24, 2.45) is 11.7 Å². The molecule has 24 heavy (non-hydrogen) atoms. The molecule has 7 heteroatoms. The second kappa shape index (κ2) is 6.98. The van der Waals surface area contributed by atoms with Crippen molar-refractivity contribution in [2.45, 2.75) is 25.8 Å². The molecule has 0 spiro atoms. The van der Waals surface area contributed by atoms with Crippen molar-refractivity contribution in [2.75, 3.05) is 26.3 Å². The molecular weight excluding hydrogens is 310 g/mol. The molecule has 0 aromatic heterocycles. The molecule has 2 heterocycles. The van der Waals surface area contributed by atoms with E-state index in [0.717, 1.165) is 17.7 Å². The highest BCUT2D eigenvalue weighted by Crippen LogP contribution is 2.32. The number of ether oxygens (including phenoxy) is 2. The molecule has 7 nitrogen and oxygen atoms in total. The van der Waals surface area contributed by atoms with Crippen molar-refractivity contribution in [3.8, 4) is 11.5 Å². The number of likely N-dealkylation sites (tertiary alicyclic amines) is 1. The van der Waals surface area contributed by atoms with E-state index in [0.29, 0.717) is 38.5 Å². The molecule has 3 amide bonds. The van der Waals surface area contributed by atoms with E-state index >= 15 is 0 Å². The minimum atomic E-state index is -0.346. The van der Waals surface area contributed by atoms with Crippen molar-refractivity contribution < 1.29 is 19.1 Å². The molecule has 0 aliphatic carbocycles. The number of nitrogens with zero attached hydrogens (tertiary/aromatic N) is 1. The van der Waals surface area contributed by atoms with Gasteiger partial charge in [0.25, 0.3) is 0 Å². The van der Waals surface area contributed by atoms with Crippen molar-refractivity contribution in [3.05, 3.63) is 23.8 Å². The van der Waals surface area contributed by atoms with Crippen LogP contribution >= 0.6 is 0 Å². The summed E-state index contributed by atoms with van der Waals surface area (Å²) in [7, 11) is 0. The predicted molar refractivity (Wildman–Crippen MR) is 87.9 cm³/mol. The molecule has 3 N–H and O–H groups in total. The summed E-state index contributed by atoms with van der Waals surface area (Å²) >= 11 is 0. The number of fused-ring (bicyclic) bond motifs is 1. The Balaban J connectivity index is 1.62. The van der Waals surface area contributed by atoms with Crippen molar-refractivity contribution >= 4 is 11.9 Å². The highest BCUT2D eigenvalue weighted by atomic mass is 16.5. The average molecular weight is 333 g/mol. The topological polar surface area (TPSA) is 93.9 Å². The smallest absolute Gasteiger partial charge is 0.317 e. The molecule has 0 saturated carbocycles. The van der Waals surface area contributed by atoms with Gasteiger partial charge in [-0.3, -0.25) is 4.79 Å². The number of hydrogen-bond donors (Lipinski definition) is 2. The van der Waals surface area contributed by atoms with Gasteiger partial charge in [0, 0.05) is 19.5 Å². The van der Waals surface area contributed by atoms with Crippen LogP contribution in [0.4, 0.5) is 4.79 Å². The molecule has 2 atom stereocenters. The van der Waals surface area contributed by atoms with Gasteiger partial charge in [0.15, 0.2) is 11.5 Å². The van der Waals surface area contributed by atoms with E-state index in [-0.39, 0.29) is 23.9 Å². The number of rotatable bonds is 3. The van der Waals surface area contributed by atoms with E-state index in [1.54, 1.807) is 4.90 Å². The third-order valence-electron chi connectivity index (χ3n) is 4.49. The number of amides is 3. The zero-order chi connectivity index (χ0) is 17.1. The fourth-order valence-electron chi connectivity index (χ4n) is 2.99. The van der Waals surface area contributed by atoms with Crippen LogP contribution in [0.3, 0.4) is 0 Å². The van der Waals surface area contributed by atoms with Crippen LogP contribution in [0.15, 0.2) is 18.2 Å². The number of nitrogens with two attached hydrogens (primary N) is 1. The lowest BCUT2D eigenvalue weighted by molar-refractivity contribution is -0.121. The lowest BCUT2D eigenvalue weighted by atomic mass is 10.1. The van der Waals surface area contributed by atoms with Crippen LogP contribution in [0.25, 0.3) is 0 Å². The number of benzene rings is 1. The summed E-state index contributed by atoms with van der Waals surface area (Å²) in [5.41, 5.74) is 6.25. The van der Waals surface area contributed by atoms with Gasteiger partial charge in [-0.2, -0.15) is 0 Å². The van der Waals surface area contributed by atoms with E-state index in [1.807, 2.05) is 25.1 Å². The van der Waals surface area contributed by atoms with Crippen molar-refractivity contribution in [3.63, 3.8) is 0 Å². The van der Waals surface area contributed by atoms with Gasteiger partial charge in [0.2, 0.25) is 5.91 Å². The maximum absolute atomic E-state index is 12.3. The Morgan fingerprint density at radius 1 is 1.29 bits per heavy atom. The molecule has 0 radical (unpaired) electrons. The predicted octanol–water partition coefficient (Wildman–Crippen LogP) is 1.43. The number of carbonyl (C=O) groups is 2. The second-order valence-electron chi connectivity index (χ2n) is 6.26. The molecule has 130 valence electrons. The number of urea groups is 1. The Labute approximate surface area is 141 Å². The van der Waals surface area contributed by atoms with Crippen LogP contribution in [0.1, 0.15) is 31.4 Å². The normalized spacial score (nSPS) is 21.0. The second-order valence-corrected chi connectivity index (χ2v) is 6.26. The summed E-state index contributed by atoms with van der Waals surface area (Å²) in [6.45, 7) is 4.12. The van der Waals surface area contributed by atoms with Crippen LogP contribution in [0.5, 0.6) is 11.5 Å². The summed E-state index contributed by atoms with van der Waals surface area (Å²) in [5.74, 6) is 0.852. The first-order chi connectivity index (χ1) is 11.5. The third kappa shape index (κ3) is 3.55. The van der Waals surface area contributed by atoms with Crippen LogP contribution in [-0.2, 0) is 4.79 Å². The molecule has 1 fully saturated rings. The zero-order valence-electron chi connectivity index (χ0n) is 13.8. The van der Waals surface area contributed by atoms with E-state index < -0.39 is 0 Å². The molecule has 2 aliphatic heterocycles. The molecule has 1 aromatic carbocycles. The fourth-order valence-corrected chi connectivity index (χ4v) is 2.99. The molecule has 2 unspecified atom stereocenters. The Morgan fingerprint density at radius 3 is 2.75 bits per heavy atom. The summed E-state index contributed by atoms with van der Waals surface area (Å²) < 4.78 is 11.3. The molecule has 1 aromatic rings. The van der Waals surface area contributed by atoms with Gasteiger partial charge < -0.3 is 25.4 Å². The average Bonchev–Trinajstić information content (AvgIpc) is 2.94. The Bertz CT molecular complexity index is 634. The Hall–Kier alpha value is -2.44. The SMILES string of the molecule is CC(NC(=O)N1CCC(C(N)=O)C1)c1ccc2c(c1)OCCCO2. The highest BCUT2D eigenvalue weighted by Gasteiger charge is 2.30. The van der Waals surface area contributed by atoms with E-state index in [4.69, 9.17) is 15.2 Å². The molecule has 2 aliphatic rings. The highest BCUT2D eigenvalue weighted by molar-refractivity contribution is 5.80. The molecule has 1 saturated heterocycles. The molecule has 3 rings (SSSR count). The van der Waals surface area contributed by atoms with E-state index in [1.165, 1.54) is 0 Å². The van der Waals surface area contributed by atoms with Crippen LogP contribution < -0.4 is 20.5 Å². The maximum atomic E-state index is 12.3. The van der Waals surface area contributed by atoms with Gasteiger partial charge in [-0.25, -0.2) is 4.79 Å². The Kier molecular flexibility index (Phi) is 4.78. The van der Waals surface area contributed by atoms with Gasteiger partial charge in [0.05, 0.1) is 25.2 Å². The third-order valence-corrected chi connectivity index (χ3v) is 4.49. The van der Waals surface area contributed by atoms with Crippen LogP contribution in [0.2, 0.25) is 0 Å². The first kappa shape index (κ1) is 16.4. The summed E-state index contributed by atoms with van der Waals surface area (Å²) in [6.07, 6.45) is 1.48. The molecule has 0 bridgehead atoms. The standard InChI is InChI=1S/C17H23N3O4/c1-11(19-17(22)20-6-5-13(10-20)16(18)21)12-3-4-14-15(9-12)24-8-2-7-23-14/h3-4,9,11,13H,2,5-8,10H2,1H3,(H2,18,21)(H,19,22). The lowest BCUT2D eigenvalue weighted by Gasteiger charge is -2.21. The molecular formula is C17H23N3O4. The number of primary amides is 1. The monoisotopic (exact) mass is 333 g/mol. The minimum absolute atomic E-state index is 0.178. The largest absolute Gasteiger partial charge is 0.490 e. The summed E-state index contributed by atoms with van der Waals surface area (Å²) in [4.78, 5) is 25.2. The van der Waals surface area contributed by atoms with Gasteiger partial charge in [-0.05, 0) is 31.0 Å². The van der Waals surface area contributed by atoms with Crippen LogP contribution in [-0.4, -0.2) is 43.1 Å². The van der Waals surface area contributed by atoms with Crippen LogP contribution in [0, 0.1) is 5.92 Å². The van der Waals surface area contributed by atoms with Gasteiger partial charge in [-0.1, -0.05) is 6.07 Å².